The zero-order valence-corrected chi connectivity index (χ0v) is 12.3. The summed E-state index contributed by atoms with van der Waals surface area (Å²) in [5, 5.41) is 11.8. The number of hydrogen-bond acceptors (Lipinski definition) is 2. The molecule has 1 spiro atoms. The van der Waals surface area contributed by atoms with E-state index in [1.165, 1.54) is 5.56 Å². The average molecular weight is 280 g/mol. The Morgan fingerprint density at radius 2 is 1.81 bits per heavy atom. The molecule has 1 fully saturated rings. The third-order valence-electron chi connectivity index (χ3n) is 5.16. The van der Waals surface area contributed by atoms with Crippen molar-refractivity contribution in [3.05, 3.63) is 71.3 Å². The van der Waals surface area contributed by atoms with Crippen LogP contribution in [0.2, 0.25) is 0 Å². The largest absolute Gasteiger partial charge is 0.377 e. The maximum Gasteiger partial charge on any atom is 0.146 e. The van der Waals surface area contributed by atoms with E-state index in [4.69, 9.17) is 4.74 Å². The minimum atomic E-state index is -1.04. The summed E-state index contributed by atoms with van der Waals surface area (Å²) in [5.41, 5.74) is 1.70. The lowest BCUT2D eigenvalue weighted by Gasteiger charge is -2.41. The van der Waals surface area contributed by atoms with Gasteiger partial charge in [-0.15, -0.1) is 0 Å². The summed E-state index contributed by atoms with van der Waals surface area (Å²) < 4.78 is 6.07. The first-order valence-corrected chi connectivity index (χ1v) is 7.76. The second-order valence-electron chi connectivity index (χ2n) is 6.14. The van der Waals surface area contributed by atoms with Gasteiger partial charge < -0.3 is 9.84 Å². The zero-order chi connectivity index (χ0) is 14.5. The number of epoxide rings is 1. The van der Waals surface area contributed by atoms with Crippen molar-refractivity contribution >= 4 is 0 Å². The molecule has 2 heteroatoms. The van der Waals surface area contributed by atoms with Crippen molar-refractivity contribution in [1.82, 2.24) is 0 Å². The molecule has 2 nitrogen and oxygen atoms in total. The summed E-state index contributed by atoms with van der Waals surface area (Å²) in [4.78, 5) is 0. The van der Waals surface area contributed by atoms with Crippen molar-refractivity contribution in [1.29, 1.82) is 0 Å². The van der Waals surface area contributed by atoms with Gasteiger partial charge in [0.15, 0.2) is 0 Å². The first-order valence-electron chi connectivity index (χ1n) is 7.76. The SMILES string of the molecule is CC[C@@H]1O[C@]12CCc1ccccc1[C@@]2(O)c1ccccc1. The van der Waals surface area contributed by atoms with E-state index >= 15 is 0 Å². The van der Waals surface area contributed by atoms with E-state index in [2.05, 4.69) is 19.1 Å². The number of fused-ring (bicyclic) bond motifs is 1. The van der Waals surface area contributed by atoms with Crippen molar-refractivity contribution in [2.24, 2.45) is 0 Å². The number of aryl methyl sites for hydroxylation is 1. The number of aliphatic hydroxyl groups is 1. The third kappa shape index (κ3) is 1.60. The summed E-state index contributed by atoms with van der Waals surface area (Å²) in [6, 6.07) is 18.2. The van der Waals surface area contributed by atoms with Crippen LogP contribution in [0.4, 0.5) is 0 Å². The van der Waals surface area contributed by atoms with Crippen LogP contribution in [0.3, 0.4) is 0 Å². The second kappa shape index (κ2) is 4.43. The quantitative estimate of drug-likeness (QED) is 0.855. The van der Waals surface area contributed by atoms with Gasteiger partial charge in [-0.05, 0) is 36.0 Å². The van der Waals surface area contributed by atoms with Gasteiger partial charge in [0.2, 0.25) is 0 Å². The Kier molecular flexibility index (Phi) is 2.75. The molecule has 4 rings (SSSR count). The molecule has 2 aromatic carbocycles. The van der Waals surface area contributed by atoms with Crippen molar-refractivity contribution in [2.75, 3.05) is 0 Å². The molecule has 0 radical (unpaired) electrons. The van der Waals surface area contributed by atoms with Crippen molar-refractivity contribution < 1.29 is 9.84 Å². The molecule has 0 amide bonds. The molecule has 0 saturated carbocycles. The van der Waals surface area contributed by atoms with Gasteiger partial charge in [0, 0.05) is 0 Å². The predicted octanol–water partition coefficient (Wildman–Crippen LogP) is 3.42. The third-order valence-corrected chi connectivity index (χ3v) is 5.16. The molecule has 1 aliphatic carbocycles. The van der Waals surface area contributed by atoms with Crippen LogP contribution in [-0.2, 0) is 16.8 Å². The molecule has 0 aromatic heterocycles. The lowest BCUT2D eigenvalue weighted by molar-refractivity contribution is -0.0190. The Hall–Kier alpha value is -1.64. The number of benzene rings is 2. The Labute approximate surface area is 125 Å². The Balaban J connectivity index is 1.95. The minimum absolute atomic E-state index is 0.149. The molecular weight excluding hydrogens is 260 g/mol. The molecule has 1 saturated heterocycles. The molecule has 0 bridgehead atoms. The van der Waals surface area contributed by atoms with Crippen LogP contribution < -0.4 is 0 Å². The monoisotopic (exact) mass is 280 g/mol. The molecule has 21 heavy (non-hydrogen) atoms. The molecular formula is C19H20O2. The Bertz CT molecular complexity index is 666. The maximum absolute atomic E-state index is 11.8. The molecule has 1 heterocycles. The lowest BCUT2D eigenvalue weighted by Crippen LogP contribution is -2.49. The fourth-order valence-corrected chi connectivity index (χ4v) is 4.07. The van der Waals surface area contributed by atoms with Crippen LogP contribution in [0.15, 0.2) is 54.6 Å². The van der Waals surface area contributed by atoms with Crippen LogP contribution in [0.25, 0.3) is 0 Å². The molecule has 2 aromatic rings. The molecule has 0 unspecified atom stereocenters. The average Bonchev–Trinajstić information content (AvgIpc) is 3.27. The topological polar surface area (TPSA) is 32.8 Å². The highest BCUT2D eigenvalue weighted by Crippen LogP contribution is 2.60. The lowest BCUT2D eigenvalue weighted by atomic mass is 9.66. The van der Waals surface area contributed by atoms with Crippen LogP contribution in [-0.4, -0.2) is 16.8 Å². The summed E-state index contributed by atoms with van der Waals surface area (Å²) in [7, 11) is 0. The van der Waals surface area contributed by atoms with Crippen LogP contribution in [0.5, 0.6) is 0 Å². The van der Waals surface area contributed by atoms with Gasteiger partial charge in [0.25, 0.3) is 0 Å². The maximum atomic E-state index is 11.8. The van der Waals surface area contributed by atoms with Crippen molar-refractivity contribution in [3.8, 4) is 0 Å². The van der Waals surface area contributed by atoms with E-state index in [1.807, 2.05) is 42.5 Å². The van der Waals surface area contributed by atoms with Crippen LogP contribution in [0.1, 0.15) is 36.5 Å². The van der Waals surface area contributed by atoms with Crippen molar-refractivity contribution in [2.45, 2.75) is 43.5 Å². The summed E-state index contributed by atoms with van der Waals surface area (Å²) in [5.74, 6) is 0. The van der Waals surface area contributed by atoms with Gasteiger partial charge >= 0.3 is 0 Å². The summed E-state index contributed by atoms with van der Waals surface area (Å²) >= 11 is 0. The highest BCUT2D eigenvalue weighted by molar-refractivity contribution is 5.49. The molecule has 1 aliphatic heterocycles. The minimum Gasteiger partial charge on any atom is -0.377 e. The van der Waals surface area contributed by atoms with E-state index in [-0.39, 0.29) is 6.10 Å². The second-order valence-corrected chi connectivity index (χ2v) is 6.14. The first-order chi connectivity index (χ1) is 10.2. The molecule has 108 valence electrons. The van der Waals surface area contributed by atoms with E-state index in [0.29, 0.717) is 0 Å². The van der Waals surface area contributed by atoms with Gasteiger partial charge in [0.05, 0.1) is 6.10 Å². The fraction of sp³-hybridized carbons (Fsp3) is 0.368. The smallest absolute Gasteiger partial charge is 0.146 e. The molecule has 3 atom stereocenters. The van der Waals surface area contributed by atoms with E-state index < -0.39 is 11.2 Å². The Morgan fingerprint density at radius 1 is 1.10 bits per heavy atom. The van der Waals surface area contributed by atoms with Gasteiger partial charge in [-0.25, -0.2) is 0 Å². The normalized spacial score (nSPS) is 33.7. The van der Waals surface area contributed by atoms with Crippen molar-refractivity contribution in [3.63, 3.8) is 0 Å². The highest BCUT2D eigenvalue weighted by atomic mass is 16.6. The highest BCUT2D eigenvalue weighted by Gasteiger charge is 2.70. The summed E-state index contributed by atoms with van der Waals surface area (Å²) in [6.07, 6.45) is 2.95. The number of hydrogen-bond donors (Lipinski definition) is 1. The number of ether oxygens (including phenoxy) is 1. The van der Waals surface area contributed by atoms with Gasteiger partial charge in [-0.2, -0.15) is 0 Å². The van der Waals surface area contributed by atoms with Gasteiger partial charge in [-0.1, -0.05) is 61.5 Å². The van der Waals surface area contributed by atoms with E-state index in [1.54, 1.807) is 0 Å². The zero-order valence-electron chi connectivity index (χ0n) is 12.3. The summed E-state index contributed by atoms with van der Waals surface area (Å²) in [6.45, 7) is 2.13. The number of rotatable bonds is 2. The van der Waals surface area contributed by atoms with E-state index in [0.717, 1.165) is 30.4 Å². The van der Waals surface area contributed by atoms with E-state index in [9.17, 15) is 5.11 Å². The predicted molar refractivity (Wildman–Crippen MR) is 82.1 cm³/mol. The standard InChI is InChI=1S/C19H20O2/c1-2-17-18(21-17)13-12-14-8-6-7-11-16(14)19(18,20)15-9-4-3-5-10-15/h3-11,17,20H,2,12-13H2,1H3/t17-,18+,19-/m0/s1. The fourth-order valence-electron chi connectivity index (χ4n) is 4.07. The van der Waals surface area contributed by atoms with Gasteiger partial charge in [-0.3, -0.25) is 0 Å². The van der Waals surface area contributed by atoms with Crippen LogP contribution >= 0.6 is 0 Å². The molecule has 2 aliphatic rings. The van der Waals surface area contributed by atoms with Gasteiger partial charge in [0.1, 0.15) is 11.2 Å². The van der Waals surface area contributed by atoms with Crippen LogP contribution in [0, 0.1) is 0 Å². The first kappa shape index (κ1) is 13.1. The molecule has 1 N–H and O–H groups in total. The Morgan fingerprint density at radius 3 is 2.52 bits per heavy atom.